The van der Waals surface area contributed by atoms with Crippen LogP contribution in [0.5, 0.6) is 0 Å². The van der Waals surface area contributed by atoms with Crippen LogP contribution in [0, 0.1) is 11.8 Å². The number of halogens is 3. The van der Waals surface area contributed by atoms with Crippen molar-refractivity contribution in [3.05, 3.63) is 131 Å². The van der Waals surface area contributed by atoms with E-state index in [-0.39, 0.29) is 16.7 Å². The maximum absolute atomic E-state index is 15.0. The molecule has 0 saturated carbocycles. The van der Waals surface area contributed by atoms with Crippen molar-refractivity contribution in [3.63, 3.8) is 0 Å². The molecule has 0 aliphatic rings. The summed E-state index contributed by atoms with van der Waals surface area (Å²) in [4.78, 5) is 0. The molecule has 2 nitrogen and oxygen atoms in total. The maximum Gasteiger partial charge on any atom is 0.406 e. The molecule has 0 bridgehead atoms. The summed E-state index contributed by atoms with van der Waals surface area (Å²) in [6.45, 7) is 0. The summed E-state index contributed by atoms with van der Waals surface area (Å²) in [6.07, 6.45) is -4.64. The largest absolute Gasteiger partial charge is 0.406 e. The fraction of sp³-hybridized carbons (Fsp3) is 0.0714. The molecule has 4 N–H and O–H groups in total. The molecule has 33 heavy (non-hydrogen) atoms. The van der Waals surface area contributed by atoms with Crippen molar-refractivity contribution in [2.75, 3.05) is 11.5 Å². The van der Waals surface area contributed by atoms with Gasteiger partial charge in [-0.2, -0.15) is 13.2 Å². The Labute approximate surface area is 190 Å². The van der Waals surface area contributed by atoms with E-state index in [0.29, 0.717) is 16.9 Å². The minimum absolute atomic E-state index is 0.0668. The van der Waals surface area contributed by atoms with Crippen LogP contribution in [0.25, 0.3) is 0 Å². The van der Waals surface area contributed by atoms with Crippen LogP contribution in [-0.2, 0) is 5.41 Å². The first-order valence-electron chi connectivity index (χ1n) is 10.3. The first kappa shape index (κ1) is 22.0. The third kappa shape index (κ3) is 4.28. The summed E-state index contributed by atoms with van der Waals surface area (Å²) in [5.74, 6) is 6.03. The normalized spacial score (nSPS) is 11.5. The Balaban J connectivity index is 1.88. The molecule has 164 valence electrons. The van der Waals surface area contributed by atoms with Gasteiger partial charge < -0.3 is 11.5 Å². The Hall–Kier alpha value is -4.17. The van der Waals surface area contributed by atoms with E-state index < -0.39 is 11.6 Å². The van der Waals surface area contributed by atoms with E-state index in [4.69, 9.17) is 11.5 Å². The highest BCUT2D eigenvalue weighted by molar-refractivity contribution is 5.57. The Morgan fingerprint density at radius 1 is 0.485 bits per heavy atom. The van der Waals surface area contributed by atoms with E-state index in [0.717, 1.165) is 5.56 Å². The van der Waals surface area contributed by atoms with Gasteiger partial charge in [-0.05, 0) is 65.2 Å². The molecular weight excluding hydrogens is 421 g/mol. The molecule has 0 fully saturated rings. The lowest BCUT2D eigenvalue weighted by atomic mass is 9.68. The molecule has 4 aromatic carbocycles. The van der Waals surface area contributed by atoms with Crippen LogP contribution in [0.2, 0.25) is 0 Å². The van der Waals surface area contributed by atoms with Gasteiger partial charge in [0.2, 0.25) is 0 Å². The lowest BCUT2D eigenvalue weighted by Crippen LogP contribution is -2.44. The number of rotatable bonds is 3. The molecule has 0 aromatic heterocycles. The molecular formula is C28H21F3N2. The van der Waals surface area contributed by atoms with Gasteiger partial charge in [-0.15, -0.1) is 0 Å². The Morgan fingerprint density at radius 2 is 0.848 bits per heavy atom. The second-order valence-corrected chi connectivity index (χ2v) is 7.69. The summed E-state index contributed by atoms with van der Waals surface area (Å²) in [6, 6.07) is 27.2. The molecule has 4 aromatic rings. The lowest BCUT2D eigenvalue weighted by Gasteiger charge is -2.37. The number of nitrogens with two attached hydrogens (primary N) is 2. The van der Waals surface area contributed by atoms with Gasteiger partial charge in [0.1, 0.15) is 5.41 Å². The molecule has 0 radical (unpaired) electrons. The number of alkyl halides is 3. The zero-order valence-electron chi connectivity index (χ0n) is 17.6. The fourth-order valence-corrected chi connectivity index (χ4v) is 3.93. The summed E-state index contributed by atoms with van der Waals surface area (Å²) in [7, 11) is 0. The predicted molar refractivity (Wildman–Crippen MR) is 127 cm³/mol. The molecule has 0 saturated heterocycles. The van der Waals surface area contributed by atoms with Crippen molar-refractivity contribution in [1.82, 2.24) is 0 Å². The predicted octanol–water partition coefficient (Wildman–Crippen LogP) is 6.15. The lowest BCUT2D eigenvalue weighted by molar-refractivity contribution is -0.166. The van der Waals surface area contributed by atoms with Crippen LogP contribution in [0.4, 0.5) is 24.5 Å². The third-order valence-corrected chi connectivity index (χ3v) is 5.56. The topological polar surface area (TPSA) is 52.0 Å². The molecule has 0 amide bonds. The average molecular weight is 442 g/mol. The number of anilines is 2. The average Bonchev–Trinajstić information content (AvgIpc) is 2.81. The van der Waals surface area contributed by atoms with Gasteiger partial charge in [0.15, 0.2) is 0 Å². The zero-order valence-corrected chi connectivity index (χ0v) is 17.6. The fourth-order valence-electron chi connectivity index (χ4n) is 3.93. The van der Waals surface area contributed by atoms with Crippen LogP contribution < -0.4 is 11.5 Å². The van der Waals surface area contributed by atoms with Gasteiger partial charge in [0.25, 0.3) is 0 Å². The first-order valence-corrected chi connectivity index (χ1v) is 10.3. The monoisotopic (exact) mass is 442 g/mol. The third-order valence-electron chi connectivity index (χ3n) is 5.56. The number of hydrogen-bond acceptors (Lipinski definition) is 2. The van der Waals surface area contributed by atoms with Gasteiger partial charge in [-0.25, -0.2) is 0 Å². The highest BCUT2D eigenvalue weighted by Crippen LogP contribution is 2.51. The molecule has 0 aliphatic carbocycles. The molecule has 0 heterocycles. The summed E-state index contributed by atoms with van der Waals surface area (Å²) in [5, 5.41) is 0. The minimum Gasteiger partial charge on any atom is -0.399 e. The second-order valence-electron chi connectivity index (χ2n) is 7.69. The first-order chi connectivity index (χ1) is 15.8. The van der Waals surface area contributed by atoms with Crippen molar-refractivity contribution in [2.45, 2.75) is 11.6 Å². The SMILES string of the molecule is Nc1ccc(C(c2ccc(N)cc2)(c2ccc(C#Cc3ccccc3)cc2)C(F)(F)F)cc1. The second kappa shape index (κ2) is 8.76. The standard InChI is InChI=1S/C28H21F3N2/c29-28(30,31)27(23-12-16-25(32)17-13-23,24-14-18-26(33)19-15-24)22-10-8-21(9-11-22)7-6-20-4-2-1-3-5-20/h1-5,8-19H,32-33H2. The Bertz CT molecular complexity index is 1240. The molecule has 4 rings (SSSR count). The van der Waals surface area contributed by atoms with E-state index in [1.165, 1.54) is 60.7 Å². The van der Waals surface area contributed by atoms with Gasteiger partial charge in [-0.3, -0.25) is 0 Å². The quantitative estimate of drug-likeness (QED) is 0.227. The van der Waals surface area contributed by atoms with Gasteiger partial charge in [0.05, 0.1) is 0 Å². The Morgan fingerprint density at radius 3 is 1.24 bits per heavy atom. The molecule has 0 spiro atoms. The zero-order chi connectivity index (χ0) is 23.5. The van der Waals surface area contributed by atoms with E-state index >= 15 is 13.2 Å². The minimum atomic E-state index is -4.64. The van der Waals surface area contributed by atoms with Gasteiger partial charge >= 0.3 is 6.18 Å². The van der Waals surface area contributed by atoms with Gasteiger partial charge in [0, 0.05) is 22.5 Å². The smallest absolute Gasteiger partial charge is 0.399 e. The van der Waals surface area contributed by atoms with Crippen molar-refractivity contribution < 1.29 is 13.2 Å². The maximum atomic E-state index is 15.0. The van der Waals surface area contributed by atoms with Gasteiger partial charge in [-0.1, -0.05) is 66.4 Å². The van der Waals surface area contributed by atoms with Crippen LogP contribution >= 0.6 is 0 Å². The molecule has 5 heteroatoms. The molecule has 0 unspecified atom stereocenters. The van der Waals surface area contributed by atoms with E-state index in [1.54, 1.807) is 12.1 Å². The van der Waals surface area contributed by atoms with E-state index in [9.17, 15) is 0 Å². The van der Waals surface area contributed by atoms with Crippen LogP contribution in [-0.4, -0.2) is 6.18 Å². The summed E-state index contributed by atoms with van der Waals surface area (Å²) >= 11 is 0. The summed E-state index contributed by atoms with van der Waals surface area (Å²) < 4.78 is 45.0. The number of nitrogen functional groups attached to an aromatic ring is 2. The Kier molecular flexibility index (Phi) is 5.85. The van der Waals surface area contributed by atoms with E-state index in [2.05, 4.69) is 11.8 Å². The molecule has 0 aliphatic heterocycles. The van der Waals surface area contributed by atoms with Crippen LogP contribution in [0.1, 0.15) is 27.8 Å². The van der Waals surface area contributed by atoms with Crippen molar-refractivity contribution in [1.29, 1.82) is 0 Å². The molecule has 0 atom stereocenters. The van der Waals surface area contributed by atoms with Crippen molar-refractivity contribution in [2.24, 2.45) is 0 Å². The van der Waals surface area contributed by atoms with Crippen LogP contribution in [0.3, 0.4) is 0 Å². The number of hydrogen-bond donors (Lipinski definition) is 2. The van der Waals surface area contributed by atoms with E-state index in [1.807, 2.05) is 30.3 Å². The van der Waals surface area contributed by atoms with Crippen molar-refractivity contribution in [3.8, 4) is 11.8 Å². The highest BCUT2D eigenvalue weighted by Gasteiger charge is 2.58. The summed E-state index contributed by atoms with van der Waals surface area (Å²) in [5.41, 5.74) is 11.6. The number of benzene rings is 4. The highest BCUT2D eigenvalue weighted by atomic mass is 19.4. The van der Waals surface area contributed by atoms with Crippen molar-refractivity contribution >= 4 is 11.4 Å². The van der Waals surface area contributed by atoms with Crippen LogP contribution in [0.15, 0.2) is 103 Å².